The number of allylic oxidation sites excluding steroid dienone is 1. The Morgan fingerprint density at radius 2 is 1.88 bits per heavy atom. The molecule has 2 atom stereocenters. The number of carbonyl (C=O) groups is 1. The Labute approximate surface area is 197 Å². The van der Waals surface area contributed by atoms with Gasteiger partial charge in [-0.05, 0) is 49.5 Å². The Hall–Kier alpha value is -2.20. The number of pyridine rings is 1. The number of carbonyl (C=O) groups excluding carboxylic acids is 1. The average Bonchev–Trinajstić information content (AvgIpc) is 2.75. The molecule has 0 aliphatic rings. The lowest BCUT2D eigenvalue weighted by atomic mass is 9.84. The number of halogens is 2. The van der Waals surface area contributed by atoms with Crippen LogP contribution in [0.15, 0.2) is 30.3 Å². The first-order chi connectivity index (χ1) is 15.0. The van der Waals surface area contributed by atoms with E-state index in [1.54, 1.807) is 6.07 Å². The standard InChI is InChI=1S/C27H35ClFNO2/c1-8-10-11-12-23-25(32-27(7,17-31)18(3)9-2)20(26(4,5)6)16-24(30-23)19-13-14-21(28)22(29)15-19/h11-18H,8-10H2,1-7H3/b12-11+. The van der Waals surface area contributed by atoms with E-state index in [2.05, 4.69) is 33.8 Å². The second-order valence-corrected chi connectivity index (χ2v) is 9.96. The molecule has 0 fully saturated rings. The molecule has 32 heavy (non-hydrogen) atoms. The van der Waals surface area contributed by atoms with E-state index < -0.39 is 11.4 Å². The minimum Gasteiger partial charge on any atom is -0.477 e. The van der Waals surface area contributed by atoms with Crippen LogP contribution in [-0.4, -0.2) is 16.9 Å². The van der Waals surface area contributed by atoms with E-state index in [-0.39, 0.29) is 16.4 Å². The molecule has 1 aromatic carbocycles. The molecule has 2 rings (SSSR count). The van der Waals surface area contributed by atoms with E-state index >= 15 is 0 Å². The van der Waals surface area contributed by atoms with Gasteiger partial charge in [-0.2, -0.15) is 0 Å². The molecule has 0 aliphatic carbocycles. The lowest BCUT2D eigenvalue weighted by molar-refractivity contribution is -0.124. The number of benzene rings is 1. The van der Waals surface area contributed by atoms with Gasteiger partial charge in [-0.3, -0.25) is 4.79 Å². The number of ether oxygens (including phenoxy) is 1. The first kappa shape index (κ1) is 26.1. The molecule has 3 nitrogen and oxygen atoms in total. The summed E-state index contributed by atoms with van der Waals surface area (Å²) >= 11 is 5.89. The summed E-state index contributed by atoms with van der Waals surface area (Å²) in [6, 6.07) is 6.62. The van der Waals surface area contributed by atoms with E-state index in [0.29, 0.717) is 22.7 Å². The quantitative estimate of drug-likeness (QED) is 0.356. The maximum Gasteiger partial charge on any atom is 0.164 e. The van der Waals surface area contributed by atoms with Gasteiger partial charge in [-0.15, -0.1) is 0 Å². The number of unbranched alkanes of at least 4 members (excludes halogenated alkanes) is 1. The summed E-state index contributed by atoms with van der Waals surface area (Å²) < 4.78 is 20.7. The molecule has 0 saturated heterocycles. The molecule has 2 unspecified atom stereocenters. The Kier molecular flexibility index (Phi) is 8.64. The van der Waals surface area contributed by atoms with Crippen LogP contribution in [0.4, 0.5) is 4.39 Å². The van der Waals surface area contributed by atoms with Crippen molar-refractivity contribution >= 4 is 24.0 Å². The van der Waals surface area contributed by atoms with Crippen LogP contribution in [0, 0.1) is 11.7 Å². The maximum atomic E-state index is 14.2. The van der Waals surface area contributed by atoms with Gasteiger partial charge in [0.1, 0.15) is 17.3 Å². The van der Waals surface area contributed by atoms with Gasteiger partial charge in [-0.1, -0.05) is 71.7 Å². The molecule has 0 spiro atoms. The van der Waals surface area contributed by atoms with E-state index in [9.17, 15) is 9.18 Å². The zero-order valence-electron chi connectivity index (χ0n) is 20.3. The van der Waals surface area contributed by atoms with Gasteiger partial charge in [0.05, 0.1) is 10.7 Å². The third-order valence-corrected chi connectivity index (χ3v) is 6.21. The Balaban J connectivity index is 2.79. The van der Waals surface area contributed by atoms with Crippen molar-refractivity contribution < 1.29 is 13.9 Å². The lowest BCUT2D eigenvalue weighted by Crippen LogP contribution is -2.42. The van der Waals surface area contributed by atoms with Crippen molar-refractivity contribution in [3.8, 4) is 17.0 Å². The molecule has 1 heterocycles. The number of aldehydes is 1. The average molecular weight is 460 g/mol. The second kappa shape index (κ2) is 10.6. The maximum absolute atomic E-state index is 14.2. The van der Waals surface area contributed by atoms with Crippen LogP contribution in [0.1, 0.15) is 79.0 Å². The highest BCUT2D eigenvalue weighted by Gasteiger charge is 2.35. The first-order valence-electron chi connectivity index (χ1n) is 11.3. The van der Waals surface area contributed by atoms with Gasteiger partial charge in [-0.25, -0.2) is 9.37 Å². The highest BCUT2D eigenvalue weighted by Crippen LogP contribution is 2.40. The largest absolute Gasteiger partial charge is 0.477 e. The van der Waals surface area contributed by atoms with Crippen LogP contribution in [0.3, 0.4) is 0 Å². The van der Waals surface area contributed by atoms with Crippen molar-refractivity contribution in [3.05, 3.63) is 52.4 Å². The van der Waals surface area contributed by atoms with Crippen LogP contribution in [-0.2, 0) is 10.2 Å². The smallest absolute Gasteiger partial charge is 0.164 e. The van der Waals surface area contributed by atoms with Crippen LogP contribution < -0.4 is 4.74 Å². The van der Waals surface area contributed by atoms with Gasteiger partial charge < -0.3 is 4.74 Å². The summed E-state index contributed by atoms with van der Waals surface area (Å²) in [5, 5.41) is 0.0723. The zero-order chi connectivity index (χ0) is 24.1. The van der Waals surface area contributed by atoms with Crippen LogP contribution >= 0.6 is 11.6 Å². The normalized spacial score (nSPS) is 14.9. The van der Waals surface area contributed by atoms with Crippen molar-refractivity contribution in [1.82, 2.24) is 4.98 Å². The summed E-state index contributed by atoms with van der Waals surface area (Å²) in [7, 11) is 0. The Bertz CT molecular complexity index is 980. The molecular weight excluding hydrogens is 425 g/mol. The molecule has 174 valence electrons. The van der Waals surface area contributed by atoms with Gasteiger partial charge >= 0.3 is 0 Å². The molecule has 0 radical (unpaired) electrons. The molecule has 0 amide bonds. The molecule has 0 saturated carbocycles. The van der Waals surface area contributed by atoms with Gasteiger partial charge in [0.2, 0.25) is 0 Å². The number of hydrogen-bond donors (Lipinski definition) is 0. The van der Waals surface area contributed by atoms with E-state index in [4.69, 9.17) is 21.3 Å². The minimum absolute atomic E-state index is 0.0188. The SMILES string of the molecule is CCC/C=C/c1nc(-c2ccc(Cl)c(F)c2)cc(C(C)(C)C)c1OC(C)(C=O)C(C)CC. The van der Waals surface area contributed by atoms with Gasteiger partial charge in [0.25, 0.3) is 0 Å². The van der Waals surface area contributed by atoms with E-state index in [1.807, 2.05) is 32.9 Å². The van der Waals surface area contributed by atoms with Crippen molar-refractivity contribution in [2.24, 2.45) is 5.92 Å². The number of hydrogen-bond acceptors (Lipinski definition) is 3. The number of aromatic nitrogens is 1. The summed E-state index contributed by atoms with van der Waals surface area (Å²) in [4.78, 5) is 16.9. The zero-order valence-corrected chi connectivity index (χ0v) is 21.0. The Morgan fingerprint density at radius 1 is 1.19 bits per heavy atom. The van der Waals surface area contributed by atoms with Gasteiger partial charge in [0.15, 0.2) is 11.9 Å². The van der Waals surface area contributed by atoms with E-state index in [0.717, 1.165) is 31.1 Å². The molecule has 1 aromatic heterocycles. The van der Waals surface area contributed by atoms with Crippen molar-refractivity contribution in [2.75, 3.05) is 0 Å². The predicted octanol–water partition coefficient (Wildman–Crippen LogP) is 8.03. The minimum atomic E-state index is -0.988. The molecule has 0 bridgehead atoms. The fourth-order valence-electron chi connectivity index (χ4n) is 3.36. The first-order valence-corrected chi connectivity index (χ1v) is 11.7. The fraction of sp³-hybridized carbons (Fsp3) is 0.481. The third kappa shape index (κ3) is 5.98. The van der Waals surface area contributed by atoms with Crippen molar-refractivity contribution in [3.63, 3.8) is 0 Å². The molecule has 0 N–H and O–H groups in total. The van der Waals surface area contributed by atoms with Gasteiger partial charge in [0, 0.05) is 17.0 Å². The molecular formula is C27H35ClFNO2. The molecule has 2 aromatic rings. The molecule has 5 heteroatoms. The summed E-state index contributed by atoms with van der Waals surface area (Å²) in [6.45, 7) is 14.2. The second-order valence-electron chi connectivity index (χ2n) is 9.55. The Morgan fingerprint density at radius 3 is 2.41 bits per heavy atom. The van der Waals surface area contributed by atoms with E-state index in [1.165, 1.54) is 12.1 Å². The monoisotopic (exact) mass is 459 g/mol. The van der Waals surface area contributed by atoms with Crippen molar-refractivity contribution in [1.29, 1.82) is 0 Å². The molecule has 0 aliphatic heterocycles. The summed E-state index contributed by atoms with van der Waals surface area (Å²) in [6.07, 6.45) is 7.56. The summed E-state index contributed by atoms with van der Waals surface area (Å²) in [5.41, 5.74) is 1.51. The predicted molar refractivity (Wildman–Crippen MR) is 132 cm³/mol. The lowest BCUT2D eigenvalue weighted by Gasteiger charge is -2.34. The number of nitrogens with zero attached hydrogens (tertiary/aromatic N) is 1. The van der Waals surface area contributed by atoms with Crippen LogP contribution in [0.5, 0.6) is 5.75 Å². The fourth-order valence-corrected chi connectivity index (χ4v) is 3.48. The summed E-state index contributed by atoms with van der Waals surface area (Å²) in [5.74, 6) is 0.125. The highest BCUT2D eigenvalue weighted by atomic mass is 35.5. The third-order valence-electron chi connectivity index (χ3n) is 5.90. The van der Waals surface area contributed by atoms with Crippen molar-refractivity contribution in [2.45, 2.75) is 78.7 Å². The van der Waals surface area contributed by atoms with Crippen LogP contribution in [0.25, 0.3) is 17.3 Å². The number of rotatable bonds is 9. The topological polar surface area (TPSA) is 39.2 Å². The van der Waals surface area contributed by atoms with Crippen LogP contribution in [0.2, 0.25) is 5.02 Å². The highest BCUT2D eigenvalue weighted by molar-refractivity contribution is 6.30.